The van der Waals surface area contributed by atoms with Crippen molar-refractivity contribution in [2.75, 3.05) is 6.61 Å². The molecule has 1 heterocycles. The zero-order valence-corrected chi connectivity index (χ0v) is 10.7. The molecular weight excluding hydrogens is 246 g/mol. The van der Waals surface area contributed by atoms with Gasteiger partial charge in [-0.05, 0) is 37.0 Å². The molecule has 2 atom stereocenters. The number of benzene rings is 1. The Hall–Kier alpha value is -1.59. The Morgan fingerprint density at radius 1 is 1.42 bits per heavy atom. The molecule has 104 valence electrons. The molecule has 5 heteroatoms. The zero-order valence-electron chi connectivity index (χ0n) is 10.7. The third-order valence-electron chi connectivity index (χ3n) is 3.08. The maximum Gasteiger partial charge on any atom is 0.325 e. The highest BCUT2D eigenvalue weighted by Crippen LogP contribution is 2.15. The largest absolute Gasteiger partial charge is 0.508 e. The average Bonchev–Trinajstić information content (AvgIpc) is 2.42. The van der Waals surface area contributed by atoms with Crippen LogP contribution in [0.15, 0.2) is 24.3 Å². The lowest BCUT2D eigenvalue weighted by molar-refractivity contribution is -0.188. The molecule has 1 aliphatic rings. The topological polar surface area (TPSA) is 81.8 Å². The number of carbonyl (C=O) groups excluding carboxylic acids is 1. The van der Waals surface area contributed by atoms with Gasteiger partial charge < -0.3 is 20.3 Å². The summed E-state index contributed by atoms with van der Waals surface area (Å²) in [5, 5.41) is 9.18. The quantitative estimate of drug-likeness (QED) is 0.803. The highest BCUT2D eigenvalue weighted by Gasteiger charge is 2.22. The van der Waals surface area contributed by atoms with Crippen LogP contribution in [0.3, 0.4) is 0 Å². The number of esters is 1. The van der Waals surface area contributed by atoms with E-state index in [2.05, 4.69) is 0 Å². The Labute approximate surface area is 112 Å². The number of hydrogen-bond donors (Lipinski definition) is 2. The van der Waals surface area contributed by atoms with Crippen LogP contribution in [0.2, 0.25) is 0 Å². The van der Waals surface area contributed by atoms with Crippen molar-refractivity contribution in [2.45, 2.75) is 38.0 Å². The highest BCUT2D eigenvalue weighted by atomic mass is 16.7. The van der Waals surface area contributed by atoms with Crippen molar-refractivity contribution in [1.29, 1.82) is 0 Å². The molecule has 1 unspecified atom stereocenters. The molecule has 1 aromatic carbocycles. The molecule has 2 rings (SSSR count). The third kappa shape index (κ3) is 4.22. The molecule has 1 fully saturated rings. The van der Waals surface area contributed by atoms with E-state index in [0.29, 0.717) is 13.0 Å². The molecule has 0 saturated carbocycles. The van der Waals surface area contributed by atoms with Crippen LogP contribution in [0.5, 0.6) is 5.75 Å². The second kappa shape index (κ2) is 6.54. The summed E-state index contributed by atoms with van der Waals surface area (Å²) in [5.41, 5.74) is 6.69. The summed E-state index contributed by atoms with van der Waals surface area (Å²) >= 11 is 0. The van der Waals surface area contributed by atoms with E-state index in [1.807, 2.05) is 0 Å². The lowest BCUT2D eigenvalue weighted by Gasteiger charge is -2.23. The zero-order chi connectivity index (χ0) is 13.7. The predicted octanol–water partition coefficient (Wildman–Crippen LogP) is 1.33. The number of ether oxygens (including phenoxy) is 2. The molecule has 0 amide bonds. The molecule has 0 aromatic heterocycles. The van der Waals surface area contributed by atoms with Gasteiger partial charge in [0.1, 0.15) is 11.8 Å². The molecule has 5 nitrogen and oxygen atoms in total. The maximum absolute atomic E-state index is 11.8. The minimum Gasteiger partial charge on any atom is -0.508 e. The molecule has 3 N–H and O–H groups in total. The van der Waals surface area contributed by atoms with E-state index in [1.165, 1.54) is 0 Å². The predicted molar refractivity (Wildman–Crippen MR) is 69.5 cm³/mol. The molecular formula is C14H19NO4. The summed E-state index contributed by atoms with van der Waals surface area (Å²) in [6.07, 6.45) is 2.68. The van der Waals surface area contributed by atoms with Crippen LogP contribution >= 0.6 is 0 Å². The summed E-state index contributed by atoms with van der Waals surface area (Å²) in [6.45, 7) is 0.630. The summed E-state index contributed by atoms with van der Waals surface area (Å²) in [5.74, 6) is -0.254. The number of rotatable bonds is 4. The SMILES string of the molecule is N[C@@H](Cc1ccc(O)cc1)C(=O)OC1CCCCO1. The Morgan fingerprint density at radius 2 is 2.16 bits per heavy atom. The van der Waals surface area contributed by atoms with Crippen LogP contribution < -0.4 is 5.73 Å². The lowest BCUT2D eigenvalue weighted by Crippen LogP contribution is -2.38. The van der Waals surface area contributed by atoms with Gasteiger partial charge in [-0.2, -0.15) is 0 Å². The highest BCUT2D eigenvalue weighted by molar-refractivity contribution is 5.76. The Morgan fingerprint density at radius 3 is 2.79 bits per heavy atom. The van der Waals surface area contributed by atoms with E-state index in [0.717, 1.165) is 24.8 Å². The fourth-order valence-corrected chi connectivity index (χ4v) is 1.99. The second-order valence-corrected chi connectivity index (χ2v) is 4.71. The average molecular weight is 265 g/mol. The van der Waals surface area contributed by atoms with Gasteiger partial charge in [0.05, 0.1) is 6.61 Å². The van der Waals surface area contributed by atoms with Gasteiger partial charge in [-0.3, -0.25) is 4.79 Å². The van der Waals surface area contributed by atoms with Crippen LogP contribution in [0.25, 0.3) is 0 Å². The Bertz CT molecular complexity index is 412. The number of phenols is 1. The van der Waals surface area contributed by atoms with E-state index in [9.17, 15) is 9.90 Å². The van der Waals surface area contributed by atoms with E-state index in [-0.39, 0.29) is 5.75 Å². The molecule has 0 radical (unpaired) electrons. The third-order valence-corrected chi connectivity index (χ3v) is 3.08. The first-order valence-electron chi connectivity index (χ1n) is 6.51. The summed E-state index contributed by atoms with van der Waals surface area (Å²) in [6, 6.07) is 5.89. The number of hydrogen-bond acceptors (Lipinski definition) is 5. The van der Waals surface area contributed by atoms with Gasteiger partial charge in [0.15, 0.2) is 0 Å². The summed E-state index contributed by atoms with van der Waals surface area (Å²) in [7, 11) is 0. The minimum absolute atomic E-state index is 0.190. The van der Waals surface area contributed by atoms with Crippen molar-refractivity contribution in [2.24, 2.45) is 5.73 Å². The summed E-state index contributed by atoms with van der Waals surface area (Å²) < 4.78 is 10.5. The van der Waals surface area contributed by atoms with E-state index in [4.69, 9.17) is 15.2 Å². The van der Waals surface area contributed by atoms with E-state index in [1.54, 1.807) is 24.3 Å². The molecule has 0 bridgehead atoms. The number of carbonyl (C=O) groups is 1. The van der Waals surface area contributed by atoms with E-state index >= 15 is 0 Å². The smallest absolute Gasteiger partial charge is 0.325 e. The maximum atomic E-state index is 11.8. The second-order valence-electron chi connectivity index (χ2n) is 4.71. The van der Waals surface area contributed by atoms with Crippen molar-refractivity contribution >= 4 is 5.97 Å². The molecule has 0 aliphatic carbocycles. The molecule has 1 aliphatic heterocycles. The van der Waals surface area contributed by atoms with Crippen molar-refractivity contribution < 1.29 is 19.4 Å². The molecule has 19 heavy (non-hydrogen) atoms. The van der Waals surface area contributed by atoms with Crippen molar-refractivity contribution in [1.82, 2.24) is 0 Å². The number of aromatic hydroxyl groups is 1. The van der Waals surface area contributed by atoms with Crippen LogP contribution in [-0.4, -0.2) is 30.0 Å². The van der Waals surface area contributed by atoms with Gasteiger partial charge in [0.2, 0.25) is 6.29 Å². The van der Waals surface area contributed by atoms with E-state index < -0.39 is 18.3 Å². The van der Waals surface area contributed by atoms with Gasteiger partial charge >= 0.3 is 5.97 Å². The summed E-state index contributed by atoms with van der Waals surface area (Å²) in [4.78, 5) is 11.8. The van der Waals surface area contributed by atoms with Crippen molar-refractivity contribution in [3.05, 3.63) is 29.8 Å². The van der Waals surface area contributed by atoms with Crippen LogP contribution in [0.1, 0.15) is 24.8 Å². The van der Waals surface area contributed by atoms with Crippen LogP contribution in [0, 0.1) is 0 Å². The van der Waals surface area contributed by atoms with Crippen molar-refractivity contribution in [3.63, 3.8) is 0 Å². The van der Waals surface area contributed by atoms with Crippen molar-refractivity contribution in [3.8, 4) is 5.75 Å². The number of phenolic OH excluding ortho intramolecular Hbond substituents is 1. The number of nitrogens with two attached hydrogens (primary N) is 1. The van der Waals surface area contributed by atoms with Crippen LogP contribution in [-0.2, 0) is 20.7 Å². The van der Waals surface area contributed by atoms with Gasteiger partial charge in [-0.15, -0.1) is 0 Å². The Balaban J connectivity index is 1.83. The molecule has 0 spiro atoms. The minimum atomic E-state index is -0.713. The standard InChI is InChI=1S/C14H19NO4/c15-12(9-10-4-6-11(16)7-5-10)14(17)19-13-3-1-2-8-18-13/h4-7,12-13,16H,1-3,8-9,15H2/t12-,13?/m0/s1. The van der Waals surface area contributed by atoms with Gasteiger partial charge in [-0.1, -0.05) is 12.1 Å². The van der Waals surface area contributed by atoms with Gasteiger partial charge in [0.25, 0.3) is 0 Å². The normalized spacial score (nSPS) is 20.8. The van der Waals surface area contributed by atoms with Gasteiger partial charge in [-0.25, -0.2) is 0 Å². The first-order chi connectivity index (χ1) is 9.15. The van der Waals surface area contributed by atoms with Gasteiger partial charge in [0, 0.05) is 6.42 Å². The Kier molecular flexibility index (Phi) is 4.76. The molecule has 1 saturated heterocycles. The lowest BCUT2D eigenvalue weighted by atomic mass is 10.1. The fraction of sp³-hybridized carbons (Fsp3) is 0.500. The monoisotopic (exact) mass is 265 g/mol. The fourth-order valence-electron chi connectivity index (χ4n) is 1.99. The first-order valence-corrected chi connectivity index (χ1v) is 6.51. The first kappa shape index (κ1) is 13.8. The van der Waals surface area contributed by atoms with Crippen LogP contribution in [0.4, 0.5) is 0 Å². The molecule has 1 aromatic rings.